The molecule has 1 atom stereocenters. The van der Waals surface area contributed by atoms with Crippen LogP contribution in [0.2, 0.25) is 0 Å². The van der Waals surface area contributed by atoms with E-state index < -0.39 is 0 Å². The maximum absolute atomic E-state index is 12.0. The van der Waals surface area contributed by atoms with E-state index in [0.717, 1.165) is 30.7 Å². The molecule has 144 valence electrons. The summed E-state index contributed by atoms with van der Waals surface area (Å²) in [5.74, 6) is 2.48. The lowest BCUT2D eigenvalue weighted by Gasteiger charge is -2.09. The third kappa shape index (κ3) is 4.55. The Bertz CT molecular complexity index is 920. The van der Waals surface area contributed by atoms with Gasteiger partial charge in [-0.3, -0.25) is 4.79 Å². The van der Waals surface area contributed by atoms with Gasteiger partial charge in [0.15, 0.2) is 0 Å². The molecule has 0 aliphatic carbocycles. The molecule has 0 spiro atoms. The zero-order chi connectivity index (χ0) is 19.2. The van der Waals surface area contributed by atoms with Crippen molar-refractivity contribution in [3.05, 3.63) is 60.5 Å². The van der Waals surface area contributed by atoms with Crippen LogP contribution in [0.1, 0.15) is 18.7 Å². The fourth-order valence-electron chi connectivity index (χ4n) is 3.12. The molecule has 1 saturated heterocycles. The number of hydrogen-bond acceptors (Lipinski definition) is 6. The largest absolute Gasteiger partial charge is 0.457 e. The summed E-state index contributed by atoms with van der Waals surface area (Å²) < 4.78 is 11.2. The van der Waals surface area contributed by atoms with Gasteiger partial charge in [0.2, 0.25) is 17.6 Å². The lowest BCUT2D eigenvalue weighted by atomic mass is 10.2. The first kappa shape index (κ1) is 18.2. The highest BCUT2D eigenvalue weighted by molar-refractivity contribution is 5.81. The van der Waals surface area contributed by atoms with Gasteiger partial charge in [0, 0.05) is 18.5 Å². The van der Waals surface area contributed by atoms with E-state index in [1.165, 1.54) is 0 Å². The Morgan fingerprint density at radius 2 is 2.04 bits per heavy atom. The number of hydrogen-bond donors (Lipinski definition) is 2. The van der Waals surface area contributed by atoms with Crippen LogP contribution in [0.25, 0.3) is 11.4 Å². The molecule has 1 amide bonds. The van der Waals surface area contributed by atoms with E-state index >= 15 is 0 Å². The van der Waals surface area contributed by atoms with Gasteiger partial charge < -0.3 is 19.9 Å². The lowest BCUT2D eigenvalue weighted by molar-refractivity contribution is -0.122. The maximum atomic E-state index is 12.0. The molecule has 0 bridgehead atoms. The van der Waals surface area contributed by atoms with Crippen LogP contribution in [-0.2, 0) is 11.2 Å². The first-order chi connectivity index (χ1) is 13.8. The van der Waals surface area contributed by atoms with E-state index in [4.69, 9.17) is 9.26 Å². The first-order valence-corrected chi connectivity index (χ1v) is 9.45. The van der Waals surface area contributed by atoms with Crippen LogP contribution in [0.4, 0.5) is 0 Å². The van der Waals surface area contributed by atoms with Gasteiger partial charge in [-0.15, -0.1) is 0 Å². The van der Waals surface area contributed by atoms with Crippen molar-refractivity contribution in [3.63, 3.8) is 0 Å². The number of aromatic nitrogens is 2. The zero-order valence-electron chi connectivity index (χ0n) is 15.4. The van der Waals surface area contributed by atoms with Crippen molar-refractivity contribution in [2.24, 2.45) is 0 Å². The Morgan fingerprint density at radius 1 is 1.18 bits per heavy atom. The minimum atomic E-state index is -0.0781. The fourth-order valence-corrected chi connectivity index (χ4v) is 3.12. The average Bonchev–Trinajstić information content (AvgIpc) is 3.41. The van der Waals surface area contributed by atoms with E-state index in [2.05, 4.69) is 20.8 Å². The second kappa shape index (κ2) is 8.67. The van der Waals surface area contributed by atoms with Crippen molar-refractivity contribution in [2.75, 3.05) is 13.1 Å². The highest BCUT2D eigenvalue weighted by atomic mass is 16.5. The summed E-state index contributed by atoms with van der Waals surface area (Å²) >= 11 is 0. The highest BCUT2D eigenvalue weighted by Crippen LogP contribution is 2.25. The molecule has 3 aromatic rings. The second-order valence-corrected chi connectivity index (χ2v) is 6.64. The molecule has 2 heterocycles. The van der Waals surface area contributed by atoms with E-state index in [9.17, 15) is 4.79 Å². The van der Waals surface area contributed by atoms with Crippen LogP contribution in [-0.4, -0.2) is 35.2 Å². The Morgan fingerprint density at radius 3 is 2.86 bits per heavy atom. The molecule has 0 radical (unpaired) electrons. The summed E-state index contributed by atoms with van der Waals surface area (Å²) in [6, 6.07) is 17.0. The van der Waals surface area contributed by atoms with Crippen molar-refractivity contribution in [1.82, 2.24) is 20.8 Å². The van der Waals surface area contributed by atoms with E-state index in [1.54, 1.807) is 0 Å². The molecule has 1 aliphatic heterocycles. The summed E-state index contributed by atoms with van der Waals surface area (Å²) in [5, 5.41) is 10.1. The van der Waals surface area contributed by atoms with Gasteiger partial charge in [0.25, 0.3) is 0 Å². The van der Waals surface area contributed by atoms with E-state index in [-0.39, 0.29) is 11.9 Å². The molecule has 1 aliphatic rings. The standard InChI is InChI=1S/C21H22N4O3/c26-21(18-10-5-12-22-18)23-13-11-19-24-20(25-28-19)15-6-4-9-17(14-15)27-16-7-2-1-3-8-16/h1-4,6-9,14,18,22H,5,10-13H2,(H,23,26). The minimum absolute atomic E-state index is 0.0306. The van der Waals surface area contributed by atoms with Crippen molar-refractivity contribution in [2.45, 2.75) is 25.3 Å². The summed E-state index contributed by atoms with van der Waals surface area (Å²) in [6.45, 7) is 1.37. The van der Waals surface area contributed by atoms with Crippen molar-refractivity contribution >= 4 is 5.91 Å². The predicted molar refractivity (Wildman–Crippen MR) is 104 cm³/mol. The Kier molecular flexibility index (Phi) is 5.63. The summed E-state index contributed by atoms with van der Waals surface area (Å²) in [4.78, 5) is 16.4. The van der Waals surface area contributed by atoms with Gasteiger partial charge in [-0.2, -0.15) is 4.98 Å². The molecule has 28 heavy (non-hydrogen) atoms. The summed E-state index contributed by atoms with van der Waals surface area (Å²) in [7, 11) is 0. The molecule has 2 aromatic carbocycles. The summed E-state index contributed by atoms with van der Waals surface area (Å²) in [5.41, 5.74) is 0.808. The van der Waals surface area contributed by atoms with Gasteiger partial charge >= 0.3 is 0 Å². The van der Waals surface area contributed by atoms with Gasteiger partial charge in [-0.25, -0.2) is 0 Å². The number of para-hydroxylation sites is 1. The predicted octanol–water partition coefficient (Wildman–Crippen LogP) is 2.94. The van der Waals surface area contributed by atoms with Crippen LogP contribution < -0.4 is 15.4 Å². The number of carbonyl (C=O) groups is 1. The summed E-state index contributed by atoms with van der Waals surface area (Å²) in [6.07, 6.45) is 2.42. The number of ether oxygens (including phenoxy) is 1. The first-order valence-electron chi connectivity index (χ1n) is 9.45. The number of rotatable bonds is 7. The van der Waals surface area contributed by atoms with E-state index in [0.29, 0.717) is 30.4 Å². The van der Waals surface area contributed by atoms with Crippen LogP contribution in [0.5, 0.6) is 11.5 Å². The molecule has 1 unspecified atom stereocenters. The number of carbonyl (C=O) groups excluding carboxylic acids is 1. The average molecular weight is 378 g/mol. The van der Waals surface area contributed by atoms with Crippen LogP contribution >= 0.6 is 0 Å². The zero-order valence-corrected chi connectivity index (χ0v) is 15.4. The molecule has 4 rings (SSSR count). The molecular formula is C21H22N4O3. The normalized spacial score (nSPS) is 16.1. The van der Waals surface area contributed by atoms with E-state index in [1.807, 2.05) is 54.6 Å². The van der Waals surface area contributed by atoms with Crippen LogP contribution in [0.3, 0.4) is 0 Å². The molecule has 2 N–H and O–H groups in total. The SMILES string of the molecule is O=C(NCCc1nc(-c2cccc(Oc3ccccc3)c2)no1)C1CCCN1. The Balaban J connectivity index is 1.34. The molecule has 1 fully saturated rings. The third-order valence-electron chi connectivity index (χ3n) is 4.55. The highest BCUT2D eigenvalue weighted by Gasteiger charge is 2.21. The van der Waals surface area contributed by atoms with Crippen LogP contribution in [0, 0.1) is 0 Å². The number of nitrogens with zero attached hydrogens (tertiary/aromatic N) is 2. The van der Waals surface area contributed by atoms with Crippen molar-refractivity contribution in [1.29, 1.82) is 0 Å². The lowest BCUT2D eigenvalue weighted by Crippen LogP contribution is -2.41. The second-order valence-electron chi connectivity index (χ2n) is 6.64. The third-order valence-corrected chi connectivity index (χ3v) is 4.55. The molecular weight excluding hydrogens is 356 g/mol. The van der Waals surface area contributed by atoms with Gasteiger partial charge in [-0.05, 0) is 43.7 Å². The van der Waals surface area contributed by atoms with Crippen molar-refractivity contribution in [3.8, 4) is 22.9 Å². The Hall–Kier alpha value is -3.19. The molecule has 7 nitrogen and oxygen atoms in total. The number of nitrogens with one attached hydrogen (secondary N) is 2. The van der Waals surface area contributed by atoms with Gasteiger partial charge in [0.05, 0.1) is 6.04 Å². The van der Waals surface area contributed by atoms with Crippen molar-refractivity contribution < 1.29 is 14.1 Å². The maximum Gasteiger partial charge on any atom is 0.237 e. The van der Waals surface area contributed by atoms with Gasteiger partial charge in [-0.1, -0.05) is 35.5 Å². The quantitative estimate of drug-likeness (QED) is 0.657. The van der Waals surface area contributed by atoms with Gasteiger partial charge in [0.1, 0.15) is 11.5 Å². The van der Waals surface area contributed by atoms with Crippen LogP contribution in [0.15, 0.2) is 59.1 Å². The monoisotopic (exact) mass is 378 g/mol. The minimum Gasteiger partial charge on any atom is -0.457 e. The topological polar surface area (TPSA) is 89.3 Å². The smallest absolute Gasteiger partial charge is 0.237 e. The molecule has 0 saturated carbocycles. The molecule has 7 heteroatoms. The number of amides is 1. The fraction of sp³-hybridized carbons (Fsp3) is 0.286. The molecule has 1 aromatic heterocycles. The number of benzene rings is 2. The Labute approximate surface area is 163 Å².